The molecule has 3 rings (SSSR count). The monoisotopic (exact) mass is 326 g/mol. The summed E-state index contributed by atoms with van der Waals surface area (Å²) in [5.74, 6) is -0.327. The van der Waals surface area contributed by atoms with E-state index in [1.807, 2.05) is 31.2 Å². The molecule has 0 bridgehead atoms. The van der Waals surface area contributed by atoms with Crippen molar-refractivity contribution in [3.05, 3.63) is 75.9 Å². The van der Waals surface area contributed by atoms with Crippen LogP contribution in [0.3, 0.4) is 0 Å². The molecule has 0 unspecified atom stereocenters. The Morgan fingerprint density at radius 2 is 1.87 bits per heavy atom. The first-order valence-corrected chi connectivity index (χ1v) is 7.56. The third-order valence-corrected chi connectivity index (χ3v) is 3.82. The molecule has 5 heteroatoms. The van der Waals surface area contributed by atoms with Crippen LogP contribution >= 0.6 is 11.6 Å². The van der Waals surface area contributed by atoms with Crippen molar-refractivity contribution in [3.63, 3.8) is 0 Å². The number of hydrogen-bond donors (Lipinski definition) is 1. The van der Waals surface area contributed by atoms with Crippen LogP contribution in [-0.4, -0.2) is 16.8 Å². The van der Waals surface area contributed by atoms with E-state index in [0.717, 1.165) is 16.7 Å². The first-order chi connectivity index (χ1) is 11.0. The van der Waals surface area contributed by atoms with Crippen LogP contribution in [0.2, 0.25) is 5.02 Å². The van der Waals surface area contributed by atoms with Crippen LogP contribution in [0, 0.1) is 6.92 Å². The number of nitrogens with one attached hydrogen (secondary N) is 1. The van der Waals surface area contributed by atoms with Gasteiger partial charge in [0.2, 0.25) is 0 Å². The van der Waals surface area contributed by atoms with E-state index in [1.165, 1.54) is 4.90 Å². The Kier molecular flexibility index (Phi) is 4.17. The average molecular weight is 327 g/mol. The van der Waals surface area contributed by atoms with Gasteiger partial charge in [-0.1, -0.05) is 53.6 Å². The van der Waals surface area contributed by atoms with Gasteiger partial charge in [-0.15, -0.1) is 0 Å². The SMILES string of the molecule is Cc1cccc(/C=C2\NC(=O)N(Cc3ccc(Cl)cc3)C2=O)c1. The molecule has 1 heterocycles. The zero-order valence-electron chi connectivity index (χ0n) is 12.5. The molecule has 1 fully saturated rings. The minimum absolute atomic E-state index is 0.215. The van der Waals surface area contributed by atoms with Crippen LogP contribution in [0.15, 0.2) is 54.2 Å². The topological polar surface area (TPSA) is 49.4 Å². The summed E-state index contributed by atoms with van der Waals surface area (Å²) >= 11 is 5.84. The Labute approximate surface area is 139 Å². The number of halogens is 1. The number of hydrogen-bond acceptors (Lipinski definition) is 2. The second kappa shape index (κ2) is 6.26. The van der Waals surface area contributed by atoms with E-state index in [2.05, 4.69) is 5.32 Å². The van der Waals surface area contributed by atoms with E-state index >= 15 is 0 Å². The van der Waals surface area contributed by atoms with Crippen molar-refractivity contribution in [1.29, 1.82) is 0 Å². The van der Waals surface area contributed by atoms with Gasteiger partial charge in [-0.3, -0.25) is 9.69 Å². The Morgan fingerprint density at radius 3 is 2.57 bits per heavy atom. The molecule has 0 atom stereocenters. The molecule has 116 valence electrons. The van der Waals surface area contributed by atoms with Crippen LogP contribution in [-0.2, 0) is 11.3 Å². The van der Waals surface area contributed by atoms with Crippen LogP contribution in [0.1, 0.15) is 16.7 Å². The van der Waals surface area contributed by atoms with Gasteiger partial charge in [0.1, 0.15) is 5.70 Å². The van der Waals surface area contributed by atoms with Gasteiger partial charge in [-0.05, 0) is 36.3 Å². The largest absolute Gasteiger partial charge is 0.329 e. The molecule has 2 aromatic carbocycles. The molecule has 1 aliphatic heterocycles. The van der Waals surface area contributed by atoms with Gasteiger partial charge in [0.15, 0.2) is 0 Å². The minimum atomic E-state index is -0.413. The van der Waals surface area contributed by atoms with E-state index in [4.69, 9.17) is 11.6 Å². The number of carbonyl (C=O) groups is 2. The standard InChI is InChI=1S/C18H15ClN2O2/c1-12-3-2-4-14(9-12)10-16-17(22)21(18(23)20-16)11-13-5-7-15(19)8-6-13/h2-10H,11H2,1H3,(H,20,23)/b16-10-. The molecule has 0 spiro atoms. The minimum Gasteiger partial charge on any atom is -0.303 e. The molecule has 0 saturated carbocycles. The van der Waals surface area contributed by atoms with E-state index in [-0.39, 0.29) is 18.1 Å². The average Bonchev–Trinajstić information content (AvgIpc) is 2.77. The zero-order chi connectivity index (χ0) is 16.4. The number of benzene rings is 2. The molecular formula is C18H15ClN2O2. The summed E-state index contributed by atoms with van der Waals surface area (Å²) in [5.41, 5.74) is 3.10. The van der Waals surface area contributed by atoms with E-state index in [9.17, 15) is 9.59 Å². The Balaban J connectivity index is 1.81. The Morgan fingerprint density at radius 1 is 1.13 bits per heavy atom. The number of amides is 3. The fourth-order valence-electron chi connectivity index (χ4n) is 2.41. The number of nitrogens with zero attached hydrogens (tertiary/aromatic N) is 1. The molecule has 0 aliphatic carbocycles. The maximum Gasteiger partial charge on any atom is 0.329 e. The molecule has 1 N–H and O–H groups in total. The lowest BCUT2D eigenvalue weighted by Crippen LogP contribution is -2.30. The van der Waals surface area contributed by atoms with Gasteiger partial charge in [0, 0.05) is 5.02 Å². The highest BCUT2D eigenvalue weighted by atomic mass is 35.5. The summed E-state index contributed by atoms with van der Waals surface area (Å²) in [4.78, 5) is 25.7. The summed E-state index contributed by atoms with van der Waals surface area (Å²) < 4.78 is 0. The molecule has 4 nitrogen and oxygen atoms in total. The van der Waals surface area contributed by atoms with Crippen LogP contribution in [0.25, 0.3) is 6.08 Å². The maximum absolute atomic E-state index is 12.4. The number of rotatable bonds is 3. The van der Waals surface area contributed by atoms with Gasteiger partial charge < -0.3 is 5.32 Å². The second-order valence-corrected chi connectivity index (χ2v) is 5.86. The molecule has 0 radical (unpaired) electrons. The van der Waals surface area contributed by atoms with Gasteiger partial charge in [-0.25, -0.2) is 4.79 Å². The maximum atomic E-state index is 12.4. The molecule has 2 aromatic rings. The molecule has 23 heavy (non-hydrogen) atoms. The third-order valence-electron chi connectivity index (χ3n) is 3.57. The lowest BCUT2D eigenvalue weighted by molar-refractivity contribution is -0.123. The van der Waals surface area contributed by atoms with Gasteiger partial charge in [-0.2, -0.15) is 0 Å². The molecule has 3 amide bonds. The molecule has 1 saturated heterocycles. The lowest BCUT2D eigenvalue weighted by atomic mass is 10.1. The lowest BCUT2D eigenvalue weighted by Gasteiger charge is -2.11. The van der Waals surface area contributed by atoms with Gasteiger partial charge >= 0.3 is 6.03 Å². The van der Waals surface area contributed by atoms with Crippen molar-refractivity contribution in [2.24, 2.45) is 0 Å². The van der Waals surface area contributed by atoms with Gasteiger partial charge in [0.05, 0.1) is 6.54 Å². The Hall–Kier alpha value is -2.59. The van der Waals surface area contributed by atoms with E-state index < -0.39 is 6.03 Å². The highest BCUT2D eigenvalue weighted by molar-refractivity contribution is 6.30. The Bertz CT molecular complexity index is 797. The van der Waals surface area contributed by atoms with Crippen molar-refractivity contribution >= 4 is 29.6 Å². The number of imide groups is 1. The van der Waals surface area contributed by atoms with Crippen molar-refractivity contribution in [2.45, 2.75) is 13.5 Å². The first kappa shape index (κ1) is 15.3. The van der Waals surface area contributed by atoms with Crippen molar-refractivity contribution in [3.8, 4) is 0 Å². The summed E-state index contributed by atoms with van der Waals surface area (Å²) in [7, 11) is 0. The second-order valence-electron chi connectivity index (χ2n) is 5.42. The third kappa shape index (κ3) is 3.43. The van der Waals surface area contributed by atoms with Crippen molar-refractivity contribution in [2.75, 3.05) is 0 Å². The van der Waals surface area contributed by atoms with Crippen molar-refractivity contribution in [1.82, 2.24) is 10.2 Å². The van der Waals surface area contributed by atoms with Crippen LogP contribution < -0.4 is 5.32 Å². The predicted octanol–water partition coefficient (Wildman–Crippen LogP) is 3.74. The summed E-state index contributed by atoms with van der Waals surface area (Å²) in [6.07, 6.45) is 1.69. The fourth-order valence-corrected chi connectivity index (χ4v) is 2.54. The molecule has 1 aliphatic rings. The quantitative estimate of drug-likeness (QED) is 0.690. The van der Waals surface area contributed by atoms with Crippen LogP contribution in [0.5, 0.6) is 0 Å². The van der Waals surface area contributed by atoms with E-state index in [1.54, 1.807) is 30.3 Å². The first-order valence-electron chi connectivity index (χ1n) is 7.18. The summed E-state index contributed by atoms with van der Waals surface area (Å²) in [6, 6.07) is 14.4. The summed E-state index contributed by atoms with van der Waals surface area (Å²) in [6.45, 7) is 2.19. The van der Waals surface area contributed by atoms with Gasteiger partial charge in [0.25, 0.3) is 5.91 Å². The smallest absolute Gasteiger partial charge is 0.303 e. The molecule has 0 aromatic heterocycles. The number of aryl methyl sites for hydroxylation is 1. The fraction of sp³-hybridized carbons (Fsp3) is 0.111. The predicted molar refractivity (Wildman–Crippen MR) is 89.7 cm³/mol. The highest BCUT2D eigenvalue weighted by Gasteiger charge is 2.33. The molecular weight excluding hydrogens is 312 g/mol. The van der Waals surface area contributed by atoms with Crippen molar-refractivity contribution < 1.29 is 9.59 Å². The number of urea groups is 1. The normalized spacial score (nSPS) is 16.1. The number of carbonyl (C=O) groups excluding carboxylic acids is 2. The van der Waals surface area contributed by atoms with E-state index in [0.29, 0.717) is 5.02 Å². The zero-order valence-corrected chi connectivity index (χ0v) is 13.3. The van der Waals surface area contributed by atoms with Crippen LogP contribution in [0.4, 0.5) is 4.79 Å². The highest BCUT2D eigenvalue weighted by Crippen LogP contribution is 2.18. The summed E-state index contributed by atoms with van der Waals surface area (Å²) in [5, 5.41) is 3.24.